The molecule has 162 valence electrons. The summed E-state index contributed by atoms with van der Waals surface area (Å²) < 4.78 is 13.5. The first kappa shape index (κ1) is 21.6. The molecule has 1 amide bonds. The van der Waals surface area contributed by atoms with E-state index < -0.39 is 0 Å². The molecule has 0 heterocycles. The lowest BCUT2D eigenvalue weighted by molar-refractivity contribution is 0.0922. The van der Waals surface area contributed by atoms with E-state index in [2.05, 4.69) is 29.4 Å². The second kappa shape index (κ2) is 9.66. The fourth-order valence-electron chi connectivity index (χ4n) is 4.27. The molecule has 2 saturated carbocycles. The molecule has 0 saturated heterocycles. The third-order valence-corrected chi connectivity index (χ3v) is 6.47. The first-order chi connectivity index (χ1) is 15.0. The normalized spacial score (nSPS) is 25.5. The molecule has 0 aliphatic heterocycles. The van der Waals surface area contributed by atoms with Crippen LogP contribution in [0.15, 0.2) is 60.0 Å². The van der Waals surface area contributed by atoms with Gasteiger partial charge in [-0.15, -0.1) is 0 Å². The monoisotopic (exact) mass is 418 g/mol. The van der Waals surface area contributed by atoms with Gasteiger partial charge in [0.25, 0.3) is 5.91 Å². The molecule has 3 aliphatic rings. The number of nitrogens with one attached hydrogen (secondary N) is 2. The Labute approximate surface area is 184 Å². The van der Waals surface area contributed by atoms with E-state index in [9.17, 15) is 9.18 Å². The first-order valence-corrected chi connectivity index (χ1v) is 11.4. The van der Waals surface area contributed by atoms with Crippen LogP contribution < -0.4 is 10.6 Å². The average molecular weight is 419 g/mol. The van der Waals surface area contributed by atoms with Crippen LogP contribution >= 0.6 is 0 Å². The van der Waals surface area contributed by atoms with E-state index >= 15 is 0 Å². The Hall–Kier alpha value is -2.64. The van der Waals surface area contributed by atoms with Crippen molar-refractivity contribution in [1.82, 2.24) is 10.6 Å². The molecule has 3 aliphatic carbocycles. The van der Waals surface area contributed by atoms with Crippen LogP contribution in [0.25, 0.3) is 0 Å². The van der Waals surface area contributed by atoms with Crippen LogP contribution in [-0.4, -0.2) is 24.0 Å². The number of carbonyl (C=O) groups excluding carboxylic acids is 1. The number of benzene rings is 1. The fraction of sp³-hybridized carbons (Fsp3) is 0.444. The van der Waals surface area contributed by atoms with Gasteiger partial charge in [0.2, 0.25) is 0 Å². The minimum Gasteiger partial charge on any atom is -0.350 e. The molecule has 4 rings (SSSR count). The lowest BCUT2D eigenvalue weighted by Crippen LogP contribution is -2.56. The highest BCUT2D eigenvalue weighted by molar-refractivity contribution is 5.94. The molecular weight excluding hydrogens is 387 g/mol. The van der Waals surface area contributed by atoms with Gasteiger partial charge >= 0.3 is 0 Å². The van der Waals surface area contributed by atoms with Gasteiger partial charge in [0.1, 0.15) is 5.83 Å². The quantitative estimate of drug-likeness (QED) is 0.645. The number of halogens is 1. The lowest BCUT2D eigenvalue weighted by Gasteiger charge is -2.40. The van der Waals surface area contributed by atoms with E-state index in [1.54, 1.807) is 12.2 Å². The molecule has 1 aromatic carbocycles. The average Bonchev–Trinajstić information content (AvgIpc) is 3.61. The summed E-state index contributed by atoms with van der Waals surface area (Å²) >= 11 is 0. The van der Waals surface area contributed by atoms with Gasteiger partial charge in [-0.25, -0.2) is 4.39 Å². The molecular formula is C27H31FN2O. The highest BCUT2D eigenvalue weighted by atomic mass is 19.1. The predicted octanol–water partition coefficient (Wildman–Crippen LogP) is 5.21. The molecule has 1 aromatic rings. The van der Waals surface area contributed by atoms with Gasteiger partial charge in [-0.05, 0) is 74.8 Å². The molecule has 2 N–H and O–H groups in total. The van der Waals surface area contributed by atoms with Crippen LogP contribution in [0.5, 0.6) is 0 Å². The molecule has 0 bridgehead atoms. The van der Waals surface area contributed by atoms with E-state index in [0.29, 0.717) is 18.2 Å². The molecule has 0 aromatic heterocycles. The van der Waals surface area contributed by atoms with Crippen molar-refractivity contribution < 1.29 is 9.18 Å². The zero-order valence-corrected chi connectivity index (χ0v) is 18.2. The molecule has 0 unspecified atom stereocenters. The third kappa shape index (κ3) is 6.18. The van der Waals surface area contributed by atoms with E-state index in [1.165, 1.54) is 31.8 Å². The summed E-state index contributed by atoms with van der Waals surface area (Å²) in [6.45, 7) is 3.00. The predicted molar refractivity (Wildman–Crippen MR) is 123 cm³/mol. The highest BCUT2D eigenvalue weighted by Gasteiger charge is 2.38. The van der Waals surface area contributed by atoms with E-state index in [-0.39, 0.29) is 23.7 Å². The van der Waals surface area contributed by atoms with Crippen molar-refractivity contribution in [3.8, 4) is 11.8 Å². The summed E-state index contributed by atoms with van der Waals surface area (Å²) in [5, 5.41) is 6.99. The van der Waals surface area contributed by atoms with E-state index in [0.717, 1.165) is 29.9 Å². The molecule has 0 atom stereocenters. The molecule has 3 nitrogen and oxygen atoms in total. The maximum absolute atomic E-state index is 13.5. The molecule has 4 heteroatoms. The Kier molecular flexibility index (Phi) is 6.73. The van der Waals surface area contributed by atoms with Crippen LogP contribution in [-0.2, 0) is 0 Å². The summed E-state index contributed by atoms with van der Waals surface area (Å²) in [6.07, 6.45) is 14.2. The number of carbonyl (C=O) groups is 1. The summed E-state index contributed by atoms with van der Waals surface area (Å²) in [4.78, 5) is 12.7. The Morgan fingerprint density at radius 3 is 2.48 bits per heavy atom. The maximum Gasteiger partial charge on any atom is 0.251 e. The van der Waals surface area contributed by atoms with Gasteiger partial charge in [-0.1, -0.05) is 37.0 Å². The number of amides is 1. The fourth-order valence-corrected chi connectivity index (χ4v) is 4.27. The molecule has 0 radical (unpaired) electrons. The third-order valence-electron chi connectivity index (χ3n) is 6.47. The minimum atomic E-state index is -0.192. The van der Waals surface area contributed by atoms with Crippen LogP contribution in [0.4, 0.5) is 4.39 Å². The van der Waals surface area contributed by atoms with Crippen molar-refractivity contribution in [3.63, 3.8) is 0 Å². The Balaban J connectivity index is 1.35. The van der Waals surface area contributed by atoms with Crippen molar-refractivity contribution >= 4 is 5.91 Å². The summed E-state index contributed by atoms with van der Waals surface area (Å²) in [6, 6.07) is 7.95. The standard InChI is InChI=1S/C27H31FN2O/c1-20-14-16-27(17-15-20,30-25-12-13-25)19-29-26(31)23-10-8-21(9-11-23)6-7-22-4-2-3-5-24(28)18-22/h2-5,8-11,20,25,30H,12-19H2,1H3,(H,29,31). The van der Waals surface area contributed by atoms with Crippen molar-refractivity contribution in [2.75, 3.05) is 6.54 Å². The lowest BCUT2D eigenvalue weighted by atomic mass is 9.77. The first-order valence-electron chi connectivity index (χ1n) is 11.4. The second-order valence-corrected chi connectivity index (χ2v) is 9.26. The summed E-state index contributed by atoms with van der Waals surface area (Å²) in [5.41, 5.74) is 2.23. The van der Waals surface area contributed by atoms with Gasteiger partial charge in [-0.3, -0.25) is 4.79 Å². The topological polar surface area (TPSA) is 41.1 Å². The van der Waals surface area contributed by atoms with Crippen molar-refractivity contribution in [2.24, 2.45) is 5.92 Å². The maximum atomic E-state index is 13.5. The second-order valence-electron chi connectivity index (χ2n) is 9.26. The molecule has 31 heavy (non-hydrogen) atoms. The van der Waals surface area contributed by atoms with Crippen molar-refractivity contribution in [1.29, 1.82) is 0 Å². The van der Waals surface area contributed by atoms with Crippen LogP contribution in [0, 0.1) is 17.8 Å². The van der Waals surface area contributed by atoms with Gasteiger partial charge in [0, 0.05) is 41.2 Å². The number of rotatable bonds is 5. The van der Waals surface area contributed by atoms with Crippen LogP contribution in [0.3, 0.4) is 0 Å². The number of hydrogen-bond donors (Lipinski definition) is 2. The smallest absolute Gasteiger partial charge is 0.251 e. The largest absolute Gasteiger partial charge is 0.350 e. The summed E-state index contributed by atoms with van der Waals surface area (Å²) in [7, 11) is 0. The van der Waals surface area contributed by atoms with Gasteiger partial charge < -0.3 is 10.6 Å². The highest BCUT2D eigenvalue weighted by Crippen LogP contribution is 2.34. The Morgan fingerprint density at radius 2 is 1.77 bits per heavy atom. The Morgan fingerprint density at radius 1 is 1.06 bits per heavy atom. The zero-order valence-electron chi connectivity index (χ0n) is 18.2. The zero-order chi connectivity index (χ0) is 21.7. The van der Waals surface area contributed by atoms with Crippen LogP contribution in [0.2, 0.25) is 0 Å². The summed E-state index contributed by atoms with van der Waals surface area (Å²) in [5.74, 6) is 6.63. The minimum absolute atomic E-state index is 0.0410. The SMILES string of the molecule is CC1CCC(CNC(=O)c2ccc(C#CC3=CC=CC=C(F)C3)cc2)(NC2CC2)CC1. The number of hydrogen-bond acceptors (Lipinski definition) is 2. The molecule has 0 spiro atoms. The van der Waals surface area contributed by atoms with E-state index in [4.69, 9.17) is 0 Å². The number of allylic oxidation sites excluding steroid dienone is 6. The van der Waals surface area contributed by atoms with Crippen LogP contribution in [0.1, 0.15) is 67.8 Å². The van der Waals surface area contributed by atoms with Gasteiger partial charge in [0.05, 0.1) is 0 Å². The van der Waals surface area contributed by atoms with E-state index in [1.807, 2.05) is 30.3 Å². The van der Waals surface area contributed by atoms with Gasteiger partial charge in [-0.2, -0.15) is 0 Å². The van der Waals surface area contributed by atoms with Crippen molar-refractivity contribution in [2.45, 2.75) is 63.5 Å². The van der Waals surface area contributed by atoms with Crippen molar-refractivity contribution in [3.05, 3.63) is 71.1 Å². The Bertz CT molecular complexity index is 949. The van der Waals surface area contributed by atoms with Gasteiger partial charge in [0.15, 0.2) is 0 Å². The molecule has 2 fully saturated rings.